The lowest BCUT2D eigenvalue weighted by Crippen LogP contribution is -2.41. The van der Waals surface area contributed by atoms with Crippen molar-refractivity contribution < 1.29 is 9.31 Å². The molecule has 1 saturated heterocycles. The zero-order valence-corrected chi connectivity index (χ0v) is 12.1. The number of hydrogen-bond acceptors (Lipinski definition) is 4. The number of halogens is 1. The molecule has 2 aromatic rings. The van der Waals surface area contributed by atoms with E-state index < -0.39 is 7.12 Å². The van der Waals surface area contributed by atoms with E-state index in [1.54, 1.807) is 16.9 Å². The van der Waals surface area contributed by atoms with Crippen molar-refractivity contribution in [3.63, 3.8) is 0 Å². The Balaban J connectivity index is 1.98. The number of fused-ring (bicyclic) bond motifs is 1. The van der Waals surface area contributed by atoms with Crippen LogP contribution in [-0.2, 0) is 9.31 Å². The molecule has 0 bridgehead atoms. The van der Waals surface area contributed by atoms with Gasteiger partial charge in [0.1, 0.15) is 0 Å². The summed E-state index contributed by atoms with van der Waals surface area (Å²) in [5.74, 6) is 0. The van der Waals surface area contributed by atoms with E-state index in [4.69, 9.17) is 20.9 Å². The van der Waals surface area contributed by atoms with E-state index in [1.807, 2.05) is 33.8 Å². The van der Waals surface area contributed by atoms with Gasteiger partial charge in [-0.05, 0) is 27.7 Å². The third kappa shape index (κ3) is 2.04. The lowest BCUT2D eigenvalue weighted by molar-refractivity contribution is 0.00578. The predicted molar refractivity (Wildman–Crippen MR) is 73.7 cm³/mol. The normalized spacial score (nSPS) is 21.2. The van der Waals surface area contributed by atoms with Gasteiger partial charge in [0.05, 0.1) is 28.0 Å². The molecular weight excluding hydrogens is 264 g/mol. The Kier molecular flexibility index (Phi) is 2.68. The van der Waals surface area contributed by atoms with Gasteiger partial charge >= 0.3 is 7.12 Å². The molecule has 3 rings (SSSR count). The van der Waals surface area contributed by atoms with Gasteiger partial charge in [-0.15, -0.1) is 0 Å². The molecule has 1 fully saturated rings. The highest BCUT2D eigenvalue weighted by Gasteiger charge is 2.52. The lowest BCUT2D eigenvalue weighted by atomic mass is 9.85. The van der Waals surface area contributed by atoms with Crippen molar-refractivity contribution in [2.75, 3.05) is 0 Å². The van der Waals surface area contributed by atoms with Gasteiger partial charge < -0.3 is 9.31 Å². The van der Waals surface area contributed by atoms with E-state index in [2.05, 4.69) is 10.1 Å². The maximum absolute atomic E-state index is 5.95. The van der Waals surface area contributed by atoms with Gasteiger partial charge in [-0.1, -0.05) is 11.6 Å². The summed E-state index contributed by atoms with van der Waals surface area (Å²) in [5.41, 5.74) is 0.666. The van der Waals surface area contributed by atoms with Gasteiger partial charge in [-0.2, -0.15) is 5.10 Å². The molecule has 0 radical (unpaired) electrons. The molecule has 1 aliphatic rings. The van der Waals surface area contributed by atoms with Crippen molar-refractivity contribution in [3.8, 4) is 0 Å². The predicted octanol–water partition coefficient (Wildman–Crippen LogP) is 1.68. The first-order valence-corrected chi connectivity index (χ1v) is 6.53. The van der Waals surface area contributed by atoms with Gasteiger partial charge in [0.25, 0.3) is 0 Å². The lowest BCUT2D eigenvalue weighted by Gasteiger charge is -2.32. The largest absolute Gasteiger partial charge is 0.516 e. The van der Waals surface area contributed by atoms with E-state index in [-0.39, 0.29) is 11.2 Å². The van der Waals surface area contributed by atoms with Crippen LogP contribution < -0.4 is 5.59 Å². The average Bonchev–Trinajstić information content (AvgIpc) is 2.78. The topological polar surface area (TPSA) is 48.7 Å². The molecule has 7 heteroatoms. The van der Waals surface area contributed by atoms with Gasteiger partial charge in [-0.3, -0.25) is 0 Å². The summed E-state index contributed by atoms with van der Waals surface area (Å²) >= 11 is 5.89. The van der Waals surface area contributed by atoms with E-state index in [0.717, 1.165) is 0 Å². The van der Waals surface area contributed by atoms with Crippen molar-refractivity contribution in [1.82, 2.24) is 14.6 Å². The molecule has 2 aromatic heterocycles. The Labute approximate surface area is 117 Å². The molecular formula is C12H15BClN3O2. The number of aromatic nitrogens is 3. The summed E-state index contributed by atoms with van der Waals surface area (Å²) in [6, 6.07) is 1.85. The number of hydrogen-bond donors (Lipinski definition) is 0. The summed E-state index contributed by atoms with van der Waals surface area (Å²) in [6.07, 6.45) is 3.30. The zero-order valence-electron chi connectivity index (χ0n) is 11.3. The van der Waals surface area contributed by atoms with Crippen molar-refractivity contribution in [2.45, 2.75) is 38.9 Å². The second-order valence-electron chi connectivity index (χ2n) is 5.73. The molecule has 3 heterocycles. The SMILES string of the molecule is CC1(C)OB(c2cc3ncc(Cl)cn3n2)OC1(C)C. The van der Waals surface area contributed by atoms with Crippen LogP contribution in [0, 0.1) is 0 Å². The van der Waals surface area contributed by atoms with Gasteiger partial charge in [-0.25, -0.2) is 9.50 Å². The molecule has 0 spiro atoms. The minimum absolute atomic E-state index is 0.376. The van der Waals surface area contributed by atoms with Crippen molar-refractivity contribution in [3.05, 3.63) is 23.5 Å². The first-order valence-electron chi connectivity index (χ1n) is 6.15. The first-order chi connectivity index (χ1) is 8.78. The van der Waals surface area contributed by atoms with Crippen LogP contribution in [0.25, 0.3) is 5.65 Å². The third-order valence-electron chi connectivity index (χ3n) is 3.80. The van der Waals surface area contributed by atoms with E-state index in [1.165, 1.54) is 0 Å². The van der Waals surface area contributed by atoms with Crippen LogP contribution in [0.4, 0.5) is 0 Å². The smallest absolute Gasteiger partial charge is 0.398 e. The van der Waals surface area contributed by atoms with Gasteiger partial charge in [0.2, 0.25) is 0 Å². The fourth-order valence-electron chi connectivity index (χ4n) is 1.95. The van der Waals surface area contributed by atoms with Crippen LogP contribution in [0.1, 0.15) is 27.7 Å². The number of rotatable bonds is 1. The highest BCUT2D eigenvalue weighted by Crippen LogP contribution is 2.36. The average molecular weight is 280 g/mol. The molecule has 5 nitrogen and oxygen atoms in total. The second kappa shape index (κ2) is 3.94. The molecule has 100 valence electrons. The Morgan fingerprint density at radius 3 is 2.47 bits per heavy atom. The quantitative estimate of drug-likeness (QED) is 0.745. The molecule has 0 aliphatic carbocycles. The Bertz CT molecular complexity index is 625. The number of nitrogens with zero attached hydrogens (tertiary/aromatic N) is 3. The fourth-order valence-corrected chi connectivity index (χ4v) is 2.09. The molecule has 0 saturated carbocycles. The van der Waals surface area contributed by atoms with Gasteiger partial charge in [0.15, 0.2) is 5.65 Å². The maximum atomic E-state index is 5.95. The van der Waals surface area contributed by atoms with Crippen LogP contribution >= 0.6 is 11.6 Å². The Morgan fingerprint density at radius 1 is 1.21 bits per heavy atom. The van der Waals surface area contributed by atoms with Crippen LogP contribution in [0.3, 0.4) is 0 Å². The monoisotopic (exact) mass is 279 g/mol. The first kappa shape index (κ1) is 12.9. The van der Waals surface area contributed by atoms with E-state index in [9.17, 15) is 0 Å². The fraction of sp³-hybridized carbons (Fsp3) is 0.500. The standard InChI is InChI=1S/C12H15BClN3O2/c1-11(2)12(3,4)19-13(18-11)9-5-10-15-6-8(14)7-17(10)16-9/h5-7H,1-4H3. The highest BCUT2D eigenvalue weighted by atomic mass is 35.5. The molecule has 0 atom stereocenters. The summed E-state index contributed by atoms with van der Waals surface area (Å²) in [5, 5.41) is 4.94. The Hall–Kier alpha value is -1.11. The molecule has 0 amide bonds. The Morgan fingerprint density at radius 2 is 1.84 bits per heavy atom. The summed E-state index contributed by atoms with van der Waals surface area (Å²) in [6.45, 7) is 8.05. The zero-order chi connectivity index (χ0) is 13.8. The minimum Gasteiger partial charge on any atom is -0.398 e. The van der Waals surface area contributed by atoms with Crippen molar-refractivity contribution >= 4 is 30.0 Å². The summed E-state index contributed by atoms with van der Waals surface area (Å²) in [7, 11) is -0.481. The maximum Gasteiger partial charge on any atom is 0.516 e. The van der Waals surface area contributed by atoms with E-state index in [0.29, 0.717) is 16.3 Å². The molecule has 0 unspecified atom stereocenters. The summed E-state index contributed by atoms with van der Waals surface area (Å²) < 4.78 is 13.5. The van der Waals surface area contributed by atoms with Crippen LogP contribution in [0.5, 0.6) is 0 Å². The highest BCUT2D eigenvalue weighted by molar-refractivity contribution is 6.61. The second-order valence-corrected chi connectivity index (χ2v) is 6.17. The summed E-state index contributed by atoms with van der Waals surface area (Å²) in [4.78, 5) is 4.20. The molecule has 0 N–H and O–H groups in total. The minimum atomic E-state index is -0.481. The van der Waals surface area contributed by atoms with E-state index >= 15 is 0 Å². The van der Waals surface area contributed by atoms with Crippen molar-refractivity contribution in [1.29, 1.82) is 0 Å². The molecule has 1 aliphatic heterocycles. The molecule has 19 heavy (non-hydrogen) atoms. The van der Waals surface area contributed by atoms with Crippen LogP contribution in [0.2, 0.25) is 5.02 Å². The van der Waals surface area contributed by atoms with Crippen molar-refractivity contribution in [2.24, 2.45) is 0 Å². The molecule has 0 aromatic carbocycles. The van der Waals surface area contributed by atoms with Crippen LogP contribution in [-0.4, -0.2) is 32.9 Å². The van der Waals surface area contributed by atoms with Gasteiger partial charge in [0, 0.05) is 12.3 Å². The third-order valence-corrected chi connectivity index (χ3v) is 3.99. The van der Waals surface area contributed by atoms with Crippen LogP contribution in [0.15, 0.2) is 18.5 Å².